The summed E-state index contributed by atoms with van der Waals surface area (Å²) in [7, 11) is 0. The van der Waals surface area contributed by atoms with Gasteiger partial charge in [-0.25, -0.2) is 4.79 Å². The fraction of sp³-hybridized carbons (Fsp3) is 0.333. The molecule has 0 radical (unpaired) electrons. The first kappa shape index (κ1) is 17.5. The van der Waals surface area contributed by atoms with Gasteiger partial charge in [-0.15, -0.1) is 0 Å². The predicted molar refractivity (Wildman–Crippen MR) is 103 cm³/mol. The highest BCUT2D eigenvalue weighted by molar-refractivity contribution is 5.95. The maximum absolute atomic E-state index is 12.5. The maximum Gasteiger partial charge on any atom is 0.322 e. The molecule has 4 rings (SSSR count). The molecule has 2 aromatic carbocycles. The van der Waals surface area contributed by atoms with Crippen LogP contribution in [0.5, 0.6) is 0 Å². The molecule has 2 aliphatic heterocycles. The van der Waals surface area contributed by atoms with Crippen LogP contribution in [0.15, 0.2) is 42.5 Å². The second kappa shape index (κ2) is 7.40. The van der Waals surface area contributed by atoms with Crippen LogP contribution in [0.2, 0.25) is 0 Å². The lowest BCUT2D eigenvalue weighted by Gasteiger charge is -2.26. The van der Waals surface area contributed by atoms with Crippen molar-refractivity contribution in [3.63, 3.8) is 0 Å². The Morgan fingerprint density at radius 2 is 1.96 bits per heavy atom. The van der Waals surface area contributed by atoms with Crippen molar-refractivity contribution in [2.45, 2.75) is 31.8 Å². The van der Waals surface area contributed by atoms with Crippen molar-refractivity contribution < 1.29 is 14.7 Å². The Labute approximate surface area is 158 Å². The minimum Gasteiger partial charge on any atom is -0.481 e. The highest BCUT2D eigenvalue weighted by Crippen LogP contribution is 2.32. The number of hydrogen-bond acceptors (Lipinski definition) is 3. The molecule has 27 heavy (non-hydrogen) atoms. The van der Waals surface area contributed by atoms with Gasteiger partial charge in [0.05, 0.1) is 6.04 Å². The van der Waals surface area contributed by atoms with Crippen molar-refractivity contribution in [3.8, 4) is 0 Å². The standard InChI is InChI=1S/C21H23N3O3/c25-20(26)8-3-14-1-4-15(5-2-14)19-13-23-21(27)24(19)18-7-6-17-12-22-10-9-16(17)11-18/h1-2,4-7,11,19,22H,3,8-10,12-13H2,(H,23,27)(H,25,26). The van der Waals surface area contributed by atoms with Crippen LogP contribution in [-0.2, 0) is 24.2 Å². The normalized spacial score (nSPS) is 18.9. The fourth-order valence-corrected chi connectivity index (χ4v) is 3.84. The van der Waals surface area contributed by atoms with E-state index in [-0.39, 0.29) is 18.5 Å². The largest absolute Gasteiger partial charge is 0.481 e. The number of carboxylic acids is 1. The number of nitrogens with one attached hydrogen (secondary N) is 2. The lowest BCUT2D eigenvalue weighted by atomic mass is 9.98. The molecule has 0 aromatic heterocycles. The van der Waals surface area contributed by atoms with Crippen LogP contribution in [0.3, 0.4) is 0 Å². The van der Waals surface area contributed by atoms with E-state index in [1.165, 1.54) is 11.1 Å². The summed E-state index contributed by atoms with van der Waals surface area (Å²) in [5.41, 5.74) is 5.56. The van der Waals surface area contributed by atoms with Gasteiger partial charge in [-0.3, -0.25) is 9.69 Å². The van der Waals surface area contributed by atoms with Crippen LogP contribution in [0.25, 0.3) is 0 Å². The van der Waals surface area contributed by atoms with Gasteiger partial charge < -0.3 is 15.7 Å². The summed E-state index contributed by atoms with van der Waals surface area (Å²) in [4.78, 5) is 25.1. The minimum atomic E-state index is -0.793. The Morgan fingerprint density at radius 1 is 1.15 bits per heavy atom. The van der Waals surface area contributed by atoms with Gasteiger partial charge in [0.25, 0.3) is 0 Å². The molecule has 1 unspecified atom stereocenters. The van der Waals surface area contributed by atoms with Gasteiger partial charge in [-0.2, -0.15) is 0 Å². The Hall–Kier alpha value is -2.86. The van der Waals surface area contributed by atoms with Gasteiger partial charge in [-0.1, -0.05) is 30.3 Å². The number of benzene rings is 2. The molecular weight excluding hydrogens is 342 g/mol. The minimum absolute atomic E-state index is 0.0641. The number of aryl methyl sites for hydroxylation is 1. The number of fused-ring (bicyclic) bond motifs is 1. The number of rotatable bonds is 5. The topological polar surface area (TPSA) is 81.7 Å². The molecule has 6 heteroatoms. The second-order valence-electron chi connectivity index (χ2n) is 7.09. The van der Waals surface area contributed by atoms with E-state index in [1.54, 1.807) is 0 Å². The van der Waals surface area contributed by atoms with E-state index in [9.17, 15) is 9.59 Å². The molecule has 2 aromatic rings. The molecule has 0 spiro atoms. The molecule has 0 aliphatic carbocycles. The van der Waals surface area contributed by atoms with E-state index in [0.29, 0.717) is 13.0 Å². The Balaban J connectivity index is 1.57. The average Bonchev–Trinajstić information content (AvgIpc) is 3.08. The summed E-state index contributed by atoms with van der Waals surface area (Å²) in [6.45, 7) is 2.40. The zero-order chi connectivity index (χ0) is 18.8. The van der Waals surface area contributed by atoms with Gasteiger partial charge in [0.15, 0.2) is 0 Å². The lowest BCUT2D eigenvalue weighted by molar-refractivity contribution is -0.136. The molecule has 2 heterocycles. The Bertz CT molecular complexity index is 863. The van der Waals surface area contributed by atoms with E-state index in [0.717, 1.165) is 36.3 Å². The van der Waals surface area contributed by atoms with Crippen LogP contribution in [-0.4, -0.2) is 30.2 Å². The molecule has 0 saturated carbocycles. The van der Waals surface area contributed by atoms with Crippen molar-refractivity contribution in [2.24, 2.45) is 0 Å². The van der Waals surface area contributed by atoms with E-state index >= 15 is 0 Å². The van der Waals surface area contributed by atoms with E-state index < -0.39 is 5.97 Å². The number of carbonyl (C=O) groups is 2. The number of hydrogen-bond donors (Lipinski definition) is 3. The molecule has 2 amide bonds. The number of nitrogens with zero attached hydrogens (tertiary/aromatic N) is 1. The van der Waals surface area contributed by atoms with E-state index in [1.807, 2.05) is 35.2 Å². The van der Waals surface area contributed by atoms with Gasteiger partial charge in [0, 0.05) is 25.2 Å². The predicted octanol–water partition coefficient (Wildman–Crippen LogP) is 2.62. The Kier molecular flexibility index (Phi) is 4.81. The third-order valence-electron chi connectivity index (χ3n) is 5.32. The molecule has 0 bridgehead atoms. The molecule has 1 fully saturated rings. The number of aliphatic carboxylic acids is 1. The molecule has 6 nitrogen and oxygen atoms in total. The van der Waals surface area contributed by atoms with Gasteiger partial charge >= 0.3 is 12.0 Å². The third-order valence-corrected chi connectivity index (χ3v) is 5.32. The van der Waals surface area contributed by atoms with Gasteiger partial charge in [-0.05, 0) is 53.8 Å². The highest BCUT2D eigenvalue weighted by Gasteiger charge is 2.33. The zero-order valence-corrected chi connectivity index (χ0v) is 15.1. The maximum atomic E-state index is 12.5. The summed E-state index contributed by atoms with van der Waals surface area (Å²) >= 11 is 0. The van der Waals surface area contributed by atoms with Crippen LogP contribution in [0, 0.1) is 0 Å². The summed E-state index contributed by atoms with van der Waals surface area (Å²) < 4.78 is 0. The van der Waals surface area contributed by atoms with Crippen LogP contribution >= 0.6 is 0 Å². The van der Waals surface area contributed by atoms with Crippen LogP contribution in [0.4, 0.5) is 10.5 Å². The fourth-order valence-electron chi connectivity index (χ4n) is 3.84. The molecule has 2 aliphatic rings. The van der Waals surface area contributed by atoms with Crippen molar-refractivity contribution >= 4 is 17.7 Å². The zero-order valence-electron chi connectivity index (χ0n) is 15.1. The van der Waals surface area contributed by atoms with Crippen LogP contribution in [0.1, 0.15) is 34.7 Å². The first-order chi connectivity index (χ1) is 13.1. The second-order valence-corrected chi connectivity index (χ2v) is 7.09. The number of urea groups is 1. The molecule has 1 atom stereocenters. The lowest BCUT2D eigenvalue weighted by Crippen LogP contribution is -2.30. The summed E-state index contributed by atoms with van der Waals surface area (Å²) in [6.07, 6.45) is 1.61. The first-order valence-electron chi connectivity index (χ1n) is 9.32. The number of carbonyl (C=O) groups excluding carboxylic acids is 1. The van der Waals surface area contributed by atoms with Crippen molar-refractivity contribution in [3.05, 3.63) is 64.7 Å². The van der Waals surface area contributed by atoms with E-state index in [4.69, 9.17) is 5.11 Å². The first-order valence-corrected chi connectivity index (χ1v) is 9.32. The molecular formula is C21H23N3O3. The van der Waals surface area contributed by atoms with Gasteiger partial charge in [0.2, 0.25) is 0 Å². The SMILES string of the molecule is O=C(O)CCc1ccc(C2CNC(=O)N2c2ccc3c(c2)CCNC3)cc1. The quantitative estimate of drug-likeness (QED) is 0.761. The summed E-state index contributed by atoms with van der Waals surface area (Å²) in [6, 6.07) is 14.0. The summed E-state index contributed by atoms with van der Waals surface area (Å²) in [5.74, 6) is -0.793. The monoisotopic (exact) mass is 365 g/mol. The van der Waals surface area contributed by atoms with Crippen molar-refractivity contribution in [2.75, 3.05) is 18.0 Å². The molecule has 1 saturated heterocycles. The van der Waals surface area contributed by atoms with Gasteiger partial charge in [0.1, 0.15) is 0 Å². The Morgan fingerprint density at radius 3 is 2.74 bits per heavy atom. The summed E-state index contributed by atoms with van der Waals surface area (Å²) in [5, 5.41) is 15.1. The third kappa shape index (κ3) is 3.66. The van der Waals surface area contributed by atoms with Crippen LogP contribution < -0.4 is 15.5 Å². The average molecular weight is 365 g/mol. The smallest absolute Gasteiger partial charge is 0.322 e. The highest BCUT2D eigenvalue weighted by atomic mass is 16.4. The van der Waals surface area contributed by atoms with Crippen molar-refractivity contribution in [1.29, 1.82) is 0 Å². The van der Waals surface area contributed by atoms with E-state index in [2.05, 4.69) is 22.8 Å². The van der Waals surface area contributed by atoms with Crippen molar-refractivity contribution in [1.82, 2.24) is 10.6 Å². The number of carboxylic acid groups (broad SMARTS) is 1. The molecule has 140 valence electrons. The number of amides is 2. The number of anilines is 1. The molecule has 3 N–H and O–H groups in total.